The van der Waals surface area contributed by atoms with Crippen molar-refractivity contribution < 1.29 is 5.11 Å². The van der Waals surface area contributed by atoms with Crippen molar-refractivity contribution in [3.05, 3.63) is 42.2 Å². The first-order valence-corrected chi connectivity index (χ1v) is 5.62. The molecule has 0 spiro atoms. The molecule has 0 saturated heterocycles. The number of phenols is 1. The zero-order valence-corrected chi connectivity index (χ0v) is 9.24. The Hall–Kier alpha value is -1.42. The summed E-state index contributed by atoms with van der Waals surface area (Å²) in [6, 6.07) is 7.27. The number of hydrogen-bond acceptors (Lipinski definition) is 3. The zero-order chi connectivity index (χ0) is 10.7. The van der Waals surface area contributed by atoms with Crippen LogP contribution in [0.15, 0.2) is 41.6 Å². The predicted octanol–water partition coefficient (Wildman–Crippen LogP) is 2.42. The summed E-state index contributed by atoms with van der Waals surface area (Å²) in [6.07, 6.45) is 3.85. The number of aromatic nitrogens is 2. The number of thioether (sulfide) groups is 1. The zero-order valence-electron chi connectivity index (χ0n) is 8.42. The minimum absolute atomic E-state index is 0.311. The number of phenolic OH excluding ortho intramolecular Hbond substituents is 1. The Bertz CT molecular complexity index is 453. The molecule has 2 rings (SSSR count). The molecule has 0 aliphatic heterocycles. The van der Waals surface area contributed by atoms with E-state index in [9.17, 15) is 5.11 Å². The van der Waals surface area contributed by atoms with Crippen LogP contribution in [0.1, 0.15) is 5.56 Å². The van der Waals surface area contributed by atoms with Crippen molar-refractivity contribution in [1.29, 1.82) is 0 Å². The number of rotatable bonds is 3. The number of hydrogen-bond donors (Lipinski definition) is 1. The lowest BCUT2D eigenvalue weighted by Crippen LogP contribution is -1.84. The third-order valence-corrected chi connectivity index (χ3v) is 3.05. The first-order valence-electron chi connectivity index (χ1n) is 4.63. The minimum atomic E-state index is 0.311. The summed E-state index contributed by atoms with van der Waals surface area (Å²) in [4.78, 5) is 1.07. The summed E-state index contributed by atoms with van der Waals surface area (Å²) in [7, 11) is 1.91. The number of benzene rings is 1. The van der Waals surface area contributed by atoms with Gasteiger partial charge in [-0.25, -0.2) is 0 Å². The number of aryl methyl sites for hydroxylation is 1. The first-order chi connectivity index (χ1) is 7.24. The SMILES string of the molecule is Cn1cc(CSc2cccc(O)c2)cn1. The van der Waals surface area contributed by atoms with Crippen LogP contribution in [-0.2, 0) is 12.8 Å². The second kappa shape index (κ2) is 4.40. The lowest BCUT2D eigenvalue weighted by Gasteiger charge is -1.99. The van der Waals surface area contributed by atoms with Gasteiger partial charge in [0.05, 0.1) is 6.20 Å². The largest absolute Gasteiger partial charge is 0.508 e. The van der Waals surface area contributed by atoms with E-state index in [1.54, 1.807) is 28.6 Å². The molecule has 4 heteroatoms. The van der Waals surface area contributed by atoms with E-state index in [0.29, 0.717) is 5.75 Å². The van der Waals surface area contributed by atoms with Crippen LogP contribution in [0, 0.1) is 0 Å². The number of aromatic hydroxyl groups is 1. The smallest absolute Gasteiger partial charge is 0.116 e. The summed E-state index contributed by atoms with van der Waals surface area (Å²) >= 11 is 1.69. The highest BCUT2D eigenvalue weighted by molar-refractivity contribution is 7.98. The molecule has 3 nitrogen and oxygen atoms in total. The molecule has 0 aliphatic carbocycles. The van der Waals surface area contributed by atoms with Gasteiger partial charge in [0, 0.05) is 29.5 Å². The van der Waals surface area contributed by atoms with Gasteiger partial charge < -0.3 is 5.11 Å². The van der Waals surface area contributed by atoms with Gasteiger partial charge in [-0.15, -0.1) is 11.8 Å². The average molecular weight is 220 g/mol. The lowest BCUT2D eigenvalue weighted by atomic mass is 10.3. The van der Waals surface area contributed by atoms with E-state index in [-0.39, 0.29) is 0 Å². The predicted molar refractivity (Wildman–Crippen MR) is 60.9 cm³/mol. The summed E-state index contributed by atoms with van der Waals surface area (Å²) < 4.78 is 1.79. The molecule has 0 saturated carbocycles. The van der Waals surface area contributed by atoms with Crippen molar-refractivity contribution in [1.82, 2.24) is 9.78 Å². The molecule has 0 fully saturated rings. The molecule has 15 heavy (non-hydrogen) atoms. The van der Waals surface area contributed by atoms with Gasteiger partial charge in [-0.1, -0.05) is 6.07 Å². The second-order valence-corrected chi connectivity index (χ2v) is 4.36. The standard InChI is InChI=1S/C11H12N2OS/c1-13-7-9(6-12-13)8-15-11-4-2-3-10(14)5-11/h2-7,14H,8H2,1H3. The first kappa shape index (κ1) is 10.1. The Kier molecular flexibility index (Phi) is 2.97. The molecule has 78 valence electrons. The summed E-state index contributed by atoms with van der Waals surface area (Å²) in [5, 5.41) is 13.4. The van der Waals surface area contributed by atoms with E-state index in [1.165, 1.54) is 5.56 Å². The molecule has 0 unspecified atom stereocenters. The van der Waals surface area contributed by atoms with Gasteiger partial charge in [0.2, 0.25) is 0 Å². The van der Waals surface area contributed by atoms with Crippen LogP contribution in [0.3, 0.4) is 0 Å². The fourth-order valence-electron chi connectivity index (χ4n) is 1.29. The maximum atomic E-state index is 9.28. The molecule has 1 N–H and O–H groups in total. The van der Waals surface area contributed by atoms with Gasteiger partial charge in [0.15, 0.2) is 0 Å². The topological polar surface area (TPSA) is 38.0 Å². The van der Waals surface area contributed by atoms with Gasteiger partial charge in [0.1, 0.15) is 5.75 Å². The average Bonchev–Trinajstić information content (AvgIpc) is 2.62. The molecule has 1 aromatic carbocycles. The van der Waals surface area contributed by atoms with E-state index in [1.807, 2.05) is 31.6 Å². The van der Waals surface area contributed by atoms with Crippen LogP contribution >= 0.6 is 11.8 Å². The summed E-state index contributed by atoms with van der Waals surface area (Å²) in [5.74, 6) is 1.18. The molecule has 0 atom stereocenters. The molecule has 1 heterocycles. The van der Waals surface area contributed by atoms with Gasteiger partial charge >= 0.3 is 0 Å². The Balaban J connectivity index is 1.99. The van der Waals surface area contributed by atoms with Crippen molar-refractivity contribution in [3.63, 3.8) is 0 Å². The minimum Gasteiger partial charge on any atom is -0.508 e. The molecule has 2 aromatic rings. The van der Waals surface area contributed by atoms with Crippen LogP contribution < -0.4 is 0 Å². The molecule has 0 amide bonds. The van der Waals surface area contributed by atoms with Gasteiger partial charge in [-0.05, 0) is 18.2 Å². The number of nitrogens with zero attached hydrogens (tertiary/aromatic N) is 2. The van der Waals surface area contributed by atoms with Crippen molar-refractivity contribution in [2.75, 3.05) is 0 Å². The van der Waals surface area contributed by atoms with Crippen LogP contribution in [0.2, 0.25) is 0 Å². The van der Waals surface area contributed by atoms with Gasteiger partial charge in [0.25, 0.3) is 0 Å². The molecule has 1 aromatic heterocycles. The molecule has 0 bridgehead atoms. The quantitative estimate of drug-likeness (QED) is 0.807. The second-order valence-electron chi connectivity index (χ2n) is 3.31. The Morgan fingerprint density at radius 2 is 2.33 bits per heavy atom. The molecule has 0 aliphatic rings. The monoisotopic (exact) mass is 220 g/mol. The highest BCUT2D eigenvalue weighted by Crippen LogP contribution is 2.25. The van der Waals surface area contributed by atoms with E-state index in [4.69, 9.17) is 0 Å². The normalized spacial score (nSPS) is 10.5. The summed E-state index contributed by atoms with van der Waals surface area (Å²) in [6.45, 7) is 0. The molecular weight excluding hydrogens is 208 g/mol. The van der Waals surface area contributed by atoms with Gasteiger partial charge in [-0.2, -0.15) is 5.10 Å². The highest BCUT2D eigenvalue weighted by Gasteiger charge is 1.99. The van der Waals surface area contributed by atoms with Crippen molar-refractivity contribution in [3.8, 4) is 5.75 Å². The fraction of sp³-hybridized carbons (Fsp3) is 0.182. The van der Waals surface area contributed by atoms with E-state index in [0.717, 1.165) is 10.6 Å². The maximum Gasteiger partial charge on any atom is 0.116 e. The third-order valence-electron chi connectivity index (χ3n) is 1.98. The Labute approximate surface area is 92.7 Å². The van der Waals surface area contributed by atoms with E-state index >= 15 is 0 Å². The summed E-state index contributed by atoms with van der Waals surface area (Å²) in [5.41, 5.74) is 1.19. The van der Waals surface area contributed by atoms with Crippen LogP contribution in [-0.4, -0.2) is 14.9 Å². The Morgan fingerprint density at radius 3 is 3.00 bits per heavy atom. The van der Waals surface area contributed by atoms with Crippen LogP contribution in [0.5, 0.6) is 5.75 Å². The van der Waals surface area contributed by atoms with Crippen LogP contribution in [0.25, 0.3) is 0 Å². The van der Waals surface area contributed by atoms with Crippen LogP contribution in [0.4, 0.5) is 0 Å². The van der Waals surface area contributed by atoms with Crippen molar-refractivity contribution >= 4 is 11.8 Å². The molecule has 0 radical (unpaired) electrons. The van der Waals surface area contributed by atoms with E-state index < -0.39 is 0 Å². The van der Waals surface area contributed by atoms with Crippen molar-refractivity contribution in [2.45, 2.75) is 10.6 Å². The van der Waals surface area contributed by atoms with Gasteiger partial charge in [-0.3, -0.25) is 4.68 Å². The lowest BCUT2D eigenvalue weighted by molar-refractivity contribution is 0.474. The third kappa shape index (κ3) is 2.76. The Morgan fingerprint density at radius 1 is 1.47 bits per heavy atom. The highest BCUT2D eigenvalue weighted by atomic mass is 32.2. The maximum absolute atomic E-state index is 9.28. The van der Waals surface area contributed by atoms with E-state index in [2.05, 4.69) is 5.10 Å². The fourth-order valence-corrected chi connectivity index (χ4v) is 2.15. The molecular formula is C11H12N2OS. The van der Waals surface area contributed by atoms with Crippen molar-refractivity contribution in [2.24, 2.45) is 7.05 Å².